The molecule has 2 aromatic heterocycles. The van der Waals surface area contributed by atoms with E-state index in [2.05, 4.69) is 4.98 Å². The lowest BCUT2D eigenvalue weighted by molar-refractivity contribution is 0.129. The van der Waals surface area contributed by atoms with Gasteiger partial charge in [-0.05, 0) is 39.8 Å². The fraction of sp³-hybridized carbons (Fsp3) is 0.333. The first-order chi connectivity index (χ1) is 11.7. The molecule has 0 bridgehead atoms. The number of benzene rings is 1. The fourth-order valence-corrected chi connectivity index (χ4v) is 2.88. The zero-order valence-corrected chi connectivity index (χ0v) is 15.2. The molecule has 0 amide bonds. The second kappa shape index (κ2) is 6.11. The maximum absolute atomic E-state index is 12.7. The first-order valence-corrected chi connectivity index (χ1v) is 8.23. The molecule has 1 aromatic carbocycles. The zero-order chi connectivity index (χ0) is 18.4. The van der Waals surface area contributed by atoms with Crippen molar-refractivity contribution >= 4 is 22.7 Å². The molecular formula is C18H19ClN2O4. The van der Waals surface area contributed by atoms with Gasteiger partial charge < -0.3 is 13.7 Å². The third-order valence-electron chi connectivity index (χ3n) is 3.65. The third kappa shape index (κ3) is 3.49. The predicted octanol–water partition coefficient (Wildman–Crippen LogP) is 3.47. The largest absolute Gasteiger partial charge is 0.488 e. The highest BCUT2D eigenvalue weighted by Crippen LogP contribution is 2.30. The Morgan fingerprint density at radius 1 is 1.28 bits per heavy atom. The van der Waals surface area contributed by atoms with E-state index in [1.54, 1.807) is 25.3 Å². The van der Waals surface area contributed by atoms with Gasteiger partial charge in [-0.1, -0.05) is 17.7 Å². The van der Waals surface area contributed by atoms with Crippen LogP contribution < -0.4 is 16.1 Å². The van der Waals surface area contributed by atoms with E-state index in [1.807, 2.05) is 26.8 Å². The van der Waals surface area contributed by atoms with Gasteiger partial charge in [-0.2, -0.15) is 0 Å². The van der Waals surface area contributed by atoms with Crippen LogP contribution in [-0.2, 0) is 6.54 Å². The summed E-state index contributed by atoms with van der Waals surface area (Å²) >= 11 is 6.35. The van der Waals surface area contributed by atoms with Gasteiger partial charge in [0, 0.05) is 22.3 Å². The summed E-state index contributed by atoms with van der Waals surface area (Å²) in [6, 6.07) is 5.38. The molecular weight excluding hydrogens is 344 g/mol. The summed E-state index contributed by atoms with van der Waals surface area (Å²) in [5.41, 5.74) is 1.05. The minimum Gasteiger partial charge on any atom is -0.488 e. The Hall–Kier alpha value is -2.47. The normalized spacial score (nSPS) is 11.9. The van der Waals surface area contributed by atoms with Crippen LogP contribution in [0.5, 0.6) is 5.75 Å². The number of halogens is 1. The van der Waals surface area contributed by atoms with Gasteiger partial charge in [-0.15, -0.1) is 0 Å². The average molecular weight is 363 g/mol. The quantitative estimate of drug-likeness (QED) is 0.773. The summed E-state index contributed by atoms with van der Waals surface area (Å²) in [5, 5.41) is 0.507. The van der Waals surface area contributed by atoms with Crippen LogP contribution in [0.15, 0.2) is 38.4 Å². The van der Waals surface area contributed by atoms with Crippen molar-refractivity contribution in [1.82, 2.24) is 9.55 Å². The minimum atomic E-state index is -0.651. The Labute approximate surface area is 149 Å². The highest BCUT2D eigenvalue weighted by molar-refractivity contribution is 6.31. The van der Waals surface area contributed by atoms with E-state index < -0.39 is 11.4 Å². The van der Waals surface area contributed by atoms with Gasteiger partial charge >= 0.3 is 5.76 Å². The van der Waals surface area contributed by atoms with Gasteiger partial charge in [-0.3, -0.25) is 9.78 Å². The molecule has 132 valence electrons. The van der Waals surface area contributed by atoms with Crippen LogP contribution in [0.4, 0.5) is 0 Å². The number of H-pyrrole nitrogens is 1. The molecule has 0 fully saturated rings. The standard InChI is InChI=1S/C18H19ClN2O4/c1-10-8-21(16(22)14-15(10)24-17(23)20-14)9-11-12(19)6-5-7-13(11)25-18(2,3)4/h5-8H,9H2,1-4H3,(H,20,23). The summed E-state index contributed by atoms with van der Waals surface area (Å²) in [5.74, 6) is -0.0345. The Morgan fingerprint density at radius 3 is 2.68 bits per heavy atom. The van der Waals surface area contributed by atoms with Gasteiger partial charge in [0.15, 0.2) is 11.1 Å². The Bertz CT molecular complexity index is 1050. The topological polar surface area (TPSA) is 77.2 Å². The van der Waals surface area contributed by atoms with Crippen LogP contribution in [0.2, 0.25) is 5.02 Å². The van der Waals surface area contributed by atoms with Crippen LogP contribution in [-0.4, -0.2) is 15.2 Å². The third-order valence-corrected chi connectivity index (χ3v) is 4.01. The number of fused-ring (bicyclic) bond motifs is 1. The van der Waals surface area contributed by atoms with Crippen molar-refractivity contribution in [1.29, 1.82) is 0 Å². The summed E-state index contributed by atoms with van der Waals surface area (Å²) in [6.07, 6.45) is 1.64. The van der Waals surface area contributed by atoms with E-state index in [1.165, 1.54) is 4.57 Å². The molecule has 0 atom stereocenters. The number of aryl methyl sites for hydroxylation is 1. The van der Waals surface area contributed by atoms with Crippen LogP contribution in [0.1, 0.15) is 31.9 Å². The van der Waals surface area contributed by atoms with Gasteiger partial charge in [0.25, 0.3) is 5.56 Å². The van der Waals surface area contributed by atoms with Crippen LogP contribution in [0, 0.1) is 6.92 Å². The summed E-state index contributed by atoms with van der Waals surface area (Å²) in [4.78, 5) is 26.5. The Balaban J connectivity index is 2.12. The molecule has 3 aromatic rings. The SMILES string of the molecule is Cc1cn(Cc2c(Cl)cccc2OC(C)(C)C)c(=O)c2[nH]c(=O)oc12. The van der Waals surface area contributed by atoms with Crippen molar-refractivity contribution < 1.29 is 9.15 Å². The second-order valence-electron chi connectivity index (χ2n) is 6.89. The number of aromatic amines is 1. The summed E-state index contributed by atoms with van der Waals surface area (Å²) in [6.45, 7) is 7.81. The number of oxazole rings is 1. The molecule has 0 saturated heterocycles. The van der Waals surface area contributed by atoms with Gasteiger partial charge in [0.05, 0.1) is 6.54 Å². The first kappa shape index (κ1) is 17.4. The molecule has 0 radical (unpaired) electrons. The monoisotopic (exact) mass is 362 g/mol. The lowest BCUT2D eigenvalue weighted by Crippen LogP contribution is -2.25. The van der Waals surface area contributed by atoms with Crippen molar-refractivity contribution in [3.8, 4) is 5.75 Å². The first-order valence-electron chi connectivity index (χ1n) is 7.85. The van der Waals surface area contributed by atoms with Crippen LogP contribution >= 0.6 is 11.6 Å². The molecule has 25 heavy (non-hydrogen) atoms. The molecule has 6 nitrogen and oxygen atoms in total. The van der Waals surface area contributed by atoms with E-state index in [-0.39, 0.29) is 23.2 Å². The molecule has 0 aliphatic carbocycles. The van der Waals surface area contributed by atoms with Crippen molar-refractivity contribution in [3.05, 3.63) is 61.4 Å². The van der Waals surface area contributed by atoms with Crippen LogP contribution in [0.3, 0.4) is 0 Å². The number of aromatic nitrogens is 2. The molecule has 0 aliphatic heterocycles. The maximum Gasteiger partial charge on any atom is 0.417 e. The average Bonchev–Trinajstić information content (AvgIpc) is 2.89. The lowest BCUT2D eigenvalue weighted by atomic mass is 10.1. The van der Waals surface area contributed by atoms with E-state index in [4.69, 9.17) is 20.8 Å². The Morgan fingerprint density at radius 2 is 2.00 bits per heavy atom. The molecule has 3 rings (SSSR count). The molecule has 0 unspecified atom stereocenters. The summed E-state index contributed by atoms with van der Waals surface area (Å²) in [7, 11) is 0. The molecule has 7 heteroatoms. The molecule has 2 heterocycles. The van der Waals surface area contributed by atoms with E-state index in [9.17, 15) is 9.59 Å². The van der Waals surface area contributed by atoms with Crippen LogP contribution in [0.25, 0.3) is 11.1 Å². The number of rotatable bonds is 3. The maximum atomic E-state index is 12.7. The van der Waals surface area contributed by atoms with E-state index >= 15 is 0 Å². The number of nitrogens with zero attached hydrogens (tertiary/aromatic N) is 1. The Kier molecular flexibility index (Phi) is 4.24. The molecule has 0 saturated carbocycles. The van der Waals surface area contributed by atoms with Crippen molar-refractivity contribution in [3.63, 3.8) is 0 Å². The number of ether oxygens (including phenoxy) is 1. The highest BCUT2D eigenvalue weighted by atomic mass is 35.5. The number of hydrogen-bond acceptors (Lipinski definition) is 4. The van der Waals surface area contributed by atoms with Crippen molar-refractivity contribution in [2.75, 3.05) is 0 Å². The van der Waals surface area contributed by atoms with E-state index in [0.29, 0.717) is 21.9 Å². The van der Waals surface area contributed by atoms with Crippen molar-refractivity contribution in [2.24, 2.45) is 0 Å². The van der Waals surface area contributed by atoms with Crippen molar-refractivity contribution in [2.45, 2.75) is 39.8 Å². The predicted molar refractivity (Wildman–Crippen MR) is 96.8 cm³/mol. The number of pyridine rings is 1. The number of nitrogens with one attached hydrogen (secondary N) is 1. The van der Waals surface area contributed by atoms with E-state index in [0.717, 1.165) is 0 Å². The highest BCUT2D eigenvalue weighted by Gasteiger charge is 2.18. The van der Waals surface area contributed by atoms with Gasteiger partial charge in [-0.25, -0.2) is 4.79 Å². The zero-order valence-electron chi connectivity index (χ0n) is 14.5. The molecule has 0 aliphatic rings. The fourth-order valence-electron chi connectivity index (χ4n) is 2.66. The number of hydrogen-bond donors (Lipinski definition) is 1. The lowest BCUT2D eigenvalue weighted by Gasteiger charge is -2.24. The van der Waals surface area contributed by atoms with Gasteiger partial charge in [0.1, 0.15) is 11.4 Å². The molecule has 0 spiro atoms. The smallest absolute Gasteiger partial charge is 0.417 e. The van der Waals surface area contributed by atoms with Gasteiger partial charge in [0.2, 0.25) is 0 Å². The summed E-state index contributed by atoms with van der Waals surface area (Å²) < 4.78 is 12.5. The minimum absolute atomic E-state index is 0.148. The molecule has 1 N–H and O–H groups in total. The second-order valence-corrected chi connectivity index (χ2v) is 7.30.